The van der Waals surface area contributed by atoms with Crippen molar-refractivity contribution in [3.05, 3.63) is 0 Å². The quantitative estimate of drug-likeness (QED) is 0.0281. The van der Waals surface area contributed by atoms with Crippen LogP contribution in [0.2, 0.25) is 0 Å². The number of hydrogen-bond acceptors (Lipinski definition) is 13. The molecule has 0 saturated carbocycles. The largest absolute Gasteiger partial charge is 0.481 e. The number of carboxylic acid groups (broad SMARTS) is 2. The first kappa shape index (κ1) is 56.0. The number of likely N-dealkylation sites (tertiary alicyclic amines) is 1. The van der Waals surface area contributed by atoms with Gasteiger partial charge in [-0.2, -0.15) is 12.6 Å². The predicted molar refractivity (Wildman–Crippen MR) is 233 cm³/mol. The number of hydrogen-bond donors (Lipinski definition) is 12. The van der Waals surface area contributed by atoms with Gasteiger partial charge in [0.05, 0.1) is 12.5 Å². The molecule has 0 radical (unpaired) electrons. The minimum absolute atomic E-state index is 0.0228. The van der Waals surface area contributed by atoms with Crippen LogP contribution in [0.3, 0.4) is 0 Å². The summed E-state index contributed by atoms with van der Waals surface area (Å²) in [5, 5.41) is 34.0. The Balaban J connectivity index is 3.24. The van der Waals surface area contributed by atoms with E-state index in [1.54, 1.807) is 41.5 Å². The number of rotatable bonds is 29. The molecule has 0 spiro atoms. The summed E-state index contributed by atoms with van der Waals surface area (Å²) in [6.07, 6.45) is 0.522. The minimum atomic E-state index is -1.54. The lowest BCUT2D eigenvalue weighted by Crippen LogP contribution is -2.61. The third-order valence-electron chi connectivity index (χ3n) is 10.2. The van der Waals surface area contributed by atoms with E-state index in [9.17, 15) is 58.2 Å². The summed E-state index contributed by atoms with van der Waals surface area (Å²) in [6, 6.07) is -10.3. The average Bonchev–Trinajstić information content (AvgIpc) is 3.68. The van der Waals surface area contributed by atoms with Gasteiger partial charge in [0.15, 0.2) is 0 Å². The van der Waals surface area contributed by atoms with E-state index >= 15 is 0 Å². The molecule has 1 rings (SSSR count). The van der Waals surface area contributed by atoms with E-state index in [1.807, 2.05) is 0 Å². The van der Waals surface area contributed by atoms with Gasteiger partial charge in [0.2, 0.25) is 47.3 Å². The number of amides is 8. The Labute approximate surface area is 373 Å². The molecule has 63 heavy (non-hydrogen) atoms. The van der Waals surface area contributed by atoms with E-state index < -0.39 is 133 Å². The Morgan fingerprint density at radius 3 is 1.75 bits per heavy atom. The number of carboxylic acids is 2. The molecule has 1 heterocycles. The standard InChI is InChI=1S/C40H70N10O12S/c1-20(2)16-25(35(56)47-27(40(61)62)17-21(3)4)45-34(55)24(12-13-31(52)53)44-36(57)28(19-63)48-37(58)29-11-9-15-50(29)39(60)26(18-30(43)51)46-38(59)32(22(5)6)49-33(54)23(42)10-7-8-14-41/h20-29,32,63H,7-19,41-42H2,1-6H3,(H2,43,51)(H,44,57)(H,45,55)(H,46,59)(H,47,56)(H,48,58)(H,49,54)(H,52,53)(H,61,62)/t23-,24-,25-,26-,27-,28-,29-,32-/m0/s1. The van der Waals surface area contributed by atoms with Gasteiger partial charge < -0.3 is 64.2 Å². The van der Waals surface area contributed by atoms with Gasteiger partial charge >= 0.3 is 11.9 Å². The van der Waals surface area contributed by atoms with Crippen molar-refractivity contribution in [2.24, 2.45) is 35.0 Å². The Morgan fingerprint density at radius 1 is 0.683 bits per heavy atom. The molecule has 1 aliphatic heterocycles. The van der Waals surface area contributed by atoms with Crippen LogP contribution in [0.5, 0.6) is 0 Å². The molecule has 8 amide bonds. The van der Waals surface area contributed by atoms with Crippen molar-refractivity contribution >= 4 is 71.8 Å². The number of primary amides is 1. The van der Waals surface area contributed by atoms with Crippen molar-refractivity contribution in [3.63, 3.8) is 0 Å². The van der Waals surface area contributed by atoms with Crippen molar-refractivity contribution in [2.75, 3.05) is 18.8 Å². The van der Waals surface area contributed by atoms with Crippen LogP contribution < -0.4 is 49.1 Å². The summed E-state index contributed by atoms with van der Waals surface area (Å²) in [5.74, 6) is -10.3. The van der Waals surface area contributed by atoms with Crippen LogP contribution in [0, 0.1) is 17.8 Å². The van der Waals surface area contributed by atoms with Crippen LogP contribution in [0.4, 0.5) is 0 Å². The highest BCUT2D eigenvalue weighted by atomic mass is 32.1. The van der Waals surface area contributed by atoms with Crippen LogP contribution in [0.1, 0.15) is 106 Å². The Bertz CT molecular complexity index is 1620. The van der Waals surface area contributed by atoms with E-state index in [-0.39, 0.29) is 43.4 Å². The molecule has 0 unspecified atom stereocenters. The highest BCUT2D eigenvalue weighted by Gasteiger charge is 2.41. The molecule has 14 N–H and O–H groups in total. The second kappa shape index (κ2) is 27.9. The first-order chi connectivity index (χ1) is 29.4. The summed E-state index contributed by atoms with van der Waals surface area (Å²) >= 11 is 4.19. The van der Waals surface area contributed by atoms with Crippen molar-refractivity contribution in [1.82, 2.24) is 36.8 Å². The SMILES string of the molecule is CC(C)C[C@H](NC(=O)[C@H](CC(C)C)NC(=O)[C@H](CCC(=O)O)NC(=O)[C@H](CS)NC(=O)[C@@H]1CCCN1C(=O)[C@H](CC(N)=O)NC(=O)[C@@H](NC(=O)[C@@H](N)CCCCN)C(C)C)C(=O)O. The second-order valence-corrected chi connectivity index (χ2v) is 17.4. The molecule has 0 aliphatic carbocycles. The number of carbonyl (C=O) groups excluding carboxylic acids is 8. The second-order valence-electron chi connectivity index (χ2n) is 17.0. The van der Waals surface area contributed by atoms with Gasteiger partial charge in [-0.15, -0.1) is 0 Å². The van der Waals surface area contributed by atoms with Gasteiger partial charge in [-0.1, -0.05) is 48.0 Å². The third kappa shape index (κ3) is 19.9. The van der Waals surface area contributed by atoms with Gasteiger partial charge in [-0.3, -0.25) is 43.2 Å². The van der Waals surface area contributed by atoms with Gasteiger partial charge in [-0.05, 0) is 69.2 Å². The zero-order valence-corrected chi connectivity index (χ0v) is 38.0. The molecule has 1 fully saturated rings. The van der Waals surface area contributed by atoms with Crippen LogP contribution in [-0.2, 0) is 47.9 Å². The summed E-state index contributed by atoms with van der Waals surface area (Å²) in [5.41, 5.74) is 17.0. The summed E-state index contributed by atoms with van der Waals surface area (Å²) in [6.45, 7) is 10.8. The maximum atomic E-state index is 13.9. The normalized spacial score (nSPS) is 17.1. The summed E-state index contributed by atoms with van der Waals surface area (Å²) in [7, 11) is 0. The first-order valence-corrected chi connectivity index (χ1v) is 22.0. The number of aliphatic carboxylic acids is 2. The van der Waals surface area contributed by atoms with Crippen molar-refractivity contribution in [1.29, 1.82) is 0 Å². The Kier molecular flexibility index (Phi) is 24.8. The molecule has 1 aliphatic rings. The fourth-order valence-corrected chi connectivity index (χ4v) is 7.07. The number of unbranched alkanes of at least 4 members (excludes halogenated alkanes) is 1. The van der Waals surface area contributed by atoms with Gasteiger partial charge in [0, 0.05) is 18.7 Å². The fourth-order valence-electron chi connectivity index (χ4n) is 6.81. The minimum Gasteiger partial charge on any atom is -0.481 e. The van der Waals surface area contributed by atoms with E-state index in [0.717, 1.165) is 4.90 Å². The molecule has 23 heteroatoms. The van der Waals surface area contributed by atoms with Crippen LogP contribution in [0.15, 0.2) is 0 Å². The van der Waals surface area contributed by atoms with Crippen LogP contribution in [-0.4, -0.2) is 141 Å². The number of thiol groups is 1. The van der Waals surface area contributed by atoms with E-state index in [2.05, 4.69) is 44.5 Å². The molecule has 0 bridgehead atoms. The number of nitrogens with zero attached hydrogens (tertiary/aromatic N) is 1. The molecular weight excluding hydrogens is 845 g/mol. The van der Waals surface area contributed by atoms with E-state index in [1.165, 1.54) is 0 Å². The van der Waals surface area contributed by atoms with Gasteiger partial charge in [0.25, 0.3) is 0 Å². The zero-order valence-electron chi connectivity index (χ0n) is 37.1. The van der Waals surface area contributed by atoms with Crippen molar-refractivity contribution < 1.29 is 58.2 Å². The molecule has 8 atom stereocenters. The topological polar surface area (TPSA) is 365 Å². The Hall–Kier alpha value is -5.03. The molecule has 358 valence electrons. The predicted octanol–water partition coefficient (Wildman–Crippen LogP) is -2.15. The third-order valence-corrected chi connectivity index (χ3v) is 10.5. The maximum Gasteiger partial charge on any atom is 0.326 e. The van der Waals surface area contributed by atoms with Gasteiger partial charge in [-0.25, -0.2) is 4.79 Å². The zero-order chi connectivity index (χ0) is 48.1. The maximum absolute atomic E-state index is 13.9. The summed E-state index contributed by atoms with van der Waals surface area (Å²) in [4.78, 5) is 131. The molecule has 22 nitrogen and oxygen atoms in total. The average molecular weight is 915 g/mol. The molecule has 0 aromatic heterocycles. The Morgan fingerprint density at radius 2 is 1.22 bits per heavy atom. The van der Waals surface area contributed by atoms with Crippen molar-refractivity contribution in [2.45, 2.75) is 154 Å². The van der Waals surface area contributed by atoms with E-state index in [0.29, 0.717) is 32.2 Å². The van der Waals surface area contributed by atoms with Crippen molar-refractivity contribution in [3.8, 4) is 0 Å². The smallest absolute Gasteiger partial charge is 0.326 e. The summed E-state index contributed by atoms with van der Waals surface area (Å²) < 4.78 is 0. The fraction of sp³-hybridized carbons (Fsp3) is 0.750. The van der Waals surface area contributed by atoms with E-state index in [4.69, 9.17) is 17.2 Å². The molecule has 0 aromatic rings. The lowest BCUT2D eigenvalue weighted by Gasteiger charge is -2.31. The van der Waals surface area contributed by atoms with Gasteiger partial charge in [0.1, 0.15) is 42.3 Å². The highest BCUT2D eigenvalue weighted by molar-refractivity contribution is 7.80. The molecule has 0 aromatic carbocycles. The number of nitrogens with one attached hydrogen (secondary N) is 6. The lowest BCUT2D eigenvalue weighted by molar-refractivity contribution is -0.143. The monoisotopic (exact) mass is 914 g/mol. The lowest BCUT2D eigenvalue weighted by atomic mass is 10.00. The molecule has 1 saturated heterocycles. The van der Waals surface area contributed by atoms with Crippen LogP contribution >= 0.6 is 12.6 Å². The highest BCUT2D eigenvalue weighted by Crippen LogP contribution is 2.20. The van der Waals surface area contributed by atoms with Crippen LogP contribution in [0.25, 0.3) is 0 Å². The number of carbonyl (C=O) groups is 10. The number of nitrogens with two attached hydrogens (primary N) is 3. The molecular formula is C40H70N10O12S. The first-order valence-electron chi connectivity index (χ1n) is 21.4.